The molecule has 0 aromatic rings. The summed E-state index contributed by atoms with van der Waals surface area (Å²) in [5.74, 6) is 0. The molecule has 0 aliphatic rings. The highest BCUT2D eigenvalue weighted by atomic mass is 28.4. The average molecular weight is 306 g/mol. The van der Waals surface area contributed by atoms with Crippen molar-refractivity contribution in [2.75, 3.05) is 26.4 Å². The van der Waals surface area contributed by atoms with Crippen molar-refractivity contribution in [3.63, 3.8) is 0 Å². The van der Waals surface area contributed by atoms with Crippen LogP contribution in [-0.2, 0) is 8.85 Å². The number of hydrogen-bond donors (Lipinski definition) is 0. The van der Waals surface area contributed by atoms with E-state index in [0.29, 0.717) is 0 Å². The van der Waals surface area contributed by atoms with Crippen LogP contribution in [0.2, 0.25) is 25.7 Å². The van der Waals surface area contributed by atoms with Crippen molar-refractivity contribution in [1.82, 2.24) is 4.90 Å². The molecule has 116 valence electrons. The van der Waals surface area contributed by atoms with Crippen LogP contribution in [0, 0.1) is 0 Å². The zero-order valence-electron chi connectivity index (χ0n) is 14.4. The van der Waals surface area contributed by atoms with Gasteiger partial charge in [-0.05, 0) is 52.9 Å². The fourth-order valence-electron chi connectivity index (χ4n) is 2.13. The zero-order chi connectivity index (χ0) is 15.1. The summed E-state index contributed by atoms with van der Waals surface area (Å²) in [7, 11) is -0.751. The largest absolute Gasteiger partial charge is 0.398 e. The van der Waals surface area contributed by atoms with Gasteiger partial charge < -0.3 is 8.85 Å². The van der Waals surface area contributed by atoms with E-state index in [1.165, 1.54) is 6.42 Å². The Labute approximate surface area is 123 Å². The molecule has 3 nitrogen and oxygen atoms in total. The predicted molar refractivity (Wildman–Crippen MR) is 89.9 cm³/mol. The van der Waals surface area contributed by atoms with Gasteiger partial charge in [-0.2, -0.15) is 0 Å². The number of nitrogens with zero attached hydrogens (tertiary/aromatic N) is 1. The molecule has 0 aliphatic carbocycles. The molecule has 0 amide bonds. The second-order valence-electron chi connectivity index (χ2n) is 6.90. The monoisotopic (exact) mass is 305 g/mol. The molecule has 0 saturated heterocycles. The molecule has 0 aliphatic heterocycles. The highest BCUT2D eigenvalue weighted by Crippen LogP contribution is 2.18. The van der Waals surface area contributed by atoms with Crippen molar-refractivity contribution >= 4 is 17.4 Å². The summed E-state index contributed by atoms with van der Waals surface area (Å²) in [5.41, 5.74) is 0.255. The molecule has 0 bridgehead atoms. The minimum atomic E-state index is -1.92. The maximum atomic E-state index is 6.10. The summed E-state index contributed by atoms with van der Waals surface area (Å²) >= 11 is 0. The fourth-order valence-corrected chi connectivity index (χ4v) is 6.15. The van der Waals surface area contributed by atoms with Gasteiger partial charge in [-0.1, -0.05) is 20.0 Å². The van der Waals surface area contributed by atoms with Crippen molar-refractivity contribution in [2.45, 2.75) is 65.3 Å². The quantitative estimate of drug-likeness (QED) is 0.610. The predicted octanol–water partition coefficient (Wildman–Crippen LogP) is 3.26. The Morgan fingerprint density at radius 1 is 1.21 bits per heavy atom. The topological polar surface area (TPSA) is 21.7 Å². The van der Waals surface area contributed by atoms with Crippen LogP contribution >= 0.6 is 0 Å². The average Bonchev–Trinajstić information content (AvgIpc) is 2.30. The summed E-state index contributed by atoms with van der Waals surface area (Å²) < 4.78 is 11.8. The third-order valence-electron chi connectivity index (χ3n) is 3.54. The highest BCUT2D eigenvalue weighted by molar-refractivity contribution is 6.67. The molecule has 0 rings (SSSR count). The first kappa shape index (κ1) is 19.3. The second kappa shape index (κ2) is 8.57. The fraction of sp³-hybridized carbons (Fsp3) is 1.00. The molecule has 1 atom stereocenters. The van der Waals surface area contributed by atoms with Gasteiger partial charge in [-0.15, -0.1) is 0 Å². The minimum absolute atomic E-state index is 0.255. The Morgan fingerprint density at radius 3 is 2.16 bits per heavy atom. The maximum Gasteiger partial charge on any atom is 0.334 e. The lowest BCUT2D eigenvalue weighted by atomic mass is 10.1. The van der Waals surface area contributed by atoms with Crippen molar-refractivity contribution in [3.05, 3.63) is 0 Å². The summed E-state index contributed by atoms with van der Waals surface area (Å²) in [6.07, 6.45) is 2.12. The third-order valence-corrected chi connectivity index (χ3v) is 7.61. The highest BCUT2D eigenvalue weighted by Gasteiger charge is 2.30. The van der Waals surface area contributed by atoms with Crippen LogP contribution in [0.3, 0.4) is 0 Å². The van der Waals surface area contributed by atoms with E-state index in [1.807, 2.05) is 7.11 Å². The summed E-state index contributed by atoms with van der Waals surface area (Å²) in [6.45, 7) is 18.2. The molecule has 0 saturated carbocycles. The van der Waals surface area contributed by atoms with Crippen LogP contribution in [-0.4, -0.2) is 54.2 Å². The van der Waals surface area contributed by atoms with Gasteiger partial charge in [0.15, 0.2) is 0 Å². The molecule has 0 spiro atoms. The molecule has 0 aromatic heterocycles. The van der Waals surface area contributed by atoms with Gasteiger partial charge in [-0.3, -0.25) is 4.90 Å². The van der Waals surface area contributed by atoms with Gasteiger partial charge in [0.25, 0.3) is 0 Å². The molecule has 5 heteroatoms. The Hall–Kier alpha value is 0.314. The second-order valence-corrected chi connectivity index (χ2v) is 13.5. The van der Waals surface area contributed by atoms with Crippen molar-refractivity contribution in [2.24, 2.45) is 0 Å². The normalized spacial score (nSPS) is 16.1. The van der Waals surface area contributed by atoms with Gasteiger partial charge in [0, 0.05) is 18.9 Å². The lowest BCUT2D eigenvalue weighted by molar-refractivity contribution is 0.142. The molecule has 0 fully saturated rings. The molecule has 19 heavy (non-hydrogen) atoms. The van der Waals surface area contributed by atoms with Gasteiger partial charge in [0.2, 0.25) is 0 Å². The standard InChI is InChI=1S/C14H35NO2Si2/c1-9-15(14(2,3)4)11-10-12-19(8,16-5)17-13-18(6)7/h18H,9-13H2,1-8H3. The van der Waals surface area contributed by atoms with E-state index in [9.17, 15) is 0 Å². The first-order chi connectivity index (χ1) is 8.64. The van der Waals surface area contributed by atoms with Crippen molar-refractivity contribution < 1.29 is 8.85 Å². The number of rotatable bonds is 9. The molecule has 0 aromatic carbocycles. The molecular weight excluding hydrogens is 270 g/mol. The zero-order valence-corrected chi connectivity index (χ0v) is 16.5. The summed E-state index contributed by atoms with van der Waals surface area (Å²) in [5, 5.41) is 0. The van der Waals surface area contributed by atoms with E-state index in [0.717, 1.165) is 25.4 Å². The lowest BCUT2D eigenvalue weighted by Gasteiger charge is -2.35. The number of hydrogen-bond acceptors (Lipinski definition) is 3. The Kier molecular flexibility index (Phi) is 8.71. The SMILES string of the molecule is CCN(CCC[Si](C)(OC)OC[SiH](C)C)C(C)(C)C. The van der Waals surface area contributed by atoms with Crippen molar-refractivity contribution in [1.29, 1.82) is 0 Å². The maximum absolute atomic E-state index is 6.10. The van der Waals surface area contributed by atoms with Crippen LogP contribution in [0.4, 0.5) is 0 Å². The minimum Gasteiger partial charge on any atom is -0.398 e. The van der Waals surface area contributed by atoms with E-state index in [1.54, 1.807) is 0 Å². The first-order valence-corrected chi connectivity index (χ1v) is 13.2. The molecule has 1 unspecified atom stereocenters. The molecular formula is C14H35NO2Si2. The van der Waals surface area contributed by atoms with Crippen LogP contribution in [0.15, 0.2) is 0 Å². The lowest BCUT2D eigenvalue weighted by Crippen LogP contribution is -2.44. The third kappa shape index (κ3) is 8.24. The van der Waals surface area contributed by atoms with E-state index in [-0.39, 0.29) is 5.54 Å². The van der Waals surface area contributed by atoms with Crippen molar-refractivity contribution in [3.8, 4) is 0 Å². The Balaban J connectivity index is 4.20. The van der Waals surface area contributed by atoms with Crippen LogP contribution in [0.25, 0.3) is 0 Å². The van der Waals surface area contributed by atoms with Gasteiger partial charge in [0.05, 0.1) is 8.80 Å². The van der Waals surface area contributed by atoms with Gasteiger partial charge >= 0.3 is 8.56 Å². The summed E-state index contributed by atoms with van der Waals surface area (Å²) in [4.78, 5) is 2.52. The molecule has 0 radical (unpaired) electrons. The van der Waals surface area contributed by atoms with Gasteiger partial charge in [-0.25, -0.2) is 0 Å². The molecule has 0 heterocycles. The van der Waals surface area contributed by atoms with Crippen LogP contribution in [0.1, 0.15) is 34.1 Å². The van der Waals surface area contributed by atoms with E-state index in [2.05, 4.69) is 52.2 Å². The van der Waals surface area contributed by atoms with Gasteiger partial charge in [0.1, 0.15) is 0 Å². The van der Waals surface area contributed by atoms with E-state index < -0.39 is 17.4 Å². The Bertz CT molecular complexity index is 244. The van der Waals surface area contributed by atoms with Crippen LogP contribution < -0.4 is 0 Å². The van der Waals surface area contributed by atoms with E-state index in [4.69, 9.17) is 8.85 Å². The van der Waals surface area contributed by atoms with Crippen LogP contribution in [0.5, 0.6) is 0 Å². The smallest absolute Gasteiger partial charge is 0.334 e. The first-order valence-electron chi connectivity index (χ1n) is 7.58. The Morgan fingerprint density at radius 2 is 1.79 bits per heavy atom. The molecule has 0 N–H and O–H groups in total. The van der Waals surface area contributed by atoms with E-state index >= 15 is 0 Å². The summed E-state index contributed by atoms with van der Waals surface area (Å²) in [6, 6.07) is 1.09.